The zero-order chi connectivity index (χ0) is 39.8. The van der Waals surface area contributed by atoms with Crippen LogP contribution in [0.25, 0.3) is 99.5 Å². The van der Waals surface area contributed by atoms with Crippen LogP contribution in [0.5, 0.6) is 0 Å². The molecule has 3 aromatic heterocycles. The van der Waals surface area contributed by atoms with Crippen molar-refractivity contribution in [1.82, 2.24) is 4.98 Å². The zero-order valence-electron chi connectivity index (χ0n) is 33.3. The Morgan fingerprint density at radius 3 is 1.00 bits per heavy atom. The molecule has 10 rings (SSSR count). The molecule has 10 aromatic rings. The highest BCUT2D eigenvalue weighted by atomic mass is 16.3. The van der Waals surface area contributed by atoms with Gasteiger partial charge in [-0.3, -0.25) is 4.98 Å². The monoisotopic (exact) mass is 751 g/mol. The number of benzene rings is 7. The van der Waals surface area contributed by atoms with Gasteiger partial charge in [0.15, 0.2) is 0 Å². The number of rotatable bonds is 5. The van der Waals surface area contributed by atoms with E-state index >= 15 is 0 Å². The van der Waals surface area contributed by atoms with Crippen LogP contribution in [-0.4, -0.2) is 4.98 Å². The molecule has 0 fully saturated rings. The molecule has 0 aliphatic carbocycles. The Morgan fingerprint density at radius 2 is 0.638 bits per heavy atom. The number of nitrogens with zero attached hydrogens (tertiary/aromatic N) is 1. The Kier molecular flexibility index (Phi) is 11.2. The van der Waals surface area contributed by atoms with Crippen molar-refractivity contribution in [2.24, 2.45) is 0 Å². The van der Waals surface area contributed by atoms with Crippen molar-refractivity contribution in [3.8, 4) is 55.6 Å². The molecule has 58 heavy (non-hydrogen) atoms. The fraction of sp³-hybridized carbons (Fsp3) is 0.0727. The standard InChI is InChI=1S/C47H29NO2.2C4H8/c1-2-7-30(8-3-1)35-14-18-44-40(25-35)41-26-36(15-19-45(41)49-44)31-9-4-10-32(23-31)37-16-20-46-42(27-37)43-28-38(17-21-47(43)50-46)33-11-5-12-34(24-33)39-13-6-22-48-29-39;2*1-3-4-2/h1-29H;2*3-4H,1-2H3/b;2*4-3-. The fourth-order valence-corrected chi connectivity index (χ4v) is 7.19. The highest BCUT2D eigenvalue weighted by Gasteiger charge is 2.13. The molecular weight excluding hydrogens is 707 g/mol. The van der Waals surface area contributed by atoms with Crippen LogP contribution >= 0.6 is 0 Å². The van der Waals surface area contributed by atoms with Crippen molar-refractivity contribution in [1.29, 1.82) is 0 Å². The summed E-state index contributed by atoms with van der Waals surface area (Å²) in [7, 11) is 0. The molecule has 3 heteroatoms. The van der Waals surface area contributed by atoms with Gasteiger partial charge in [-0.1, -0.05) is 121 Å². The number of hydrogen-bond acceptors (Lipinski definition) is 3. The van der Waals surface area contributed by atoms with Crippen LogP contribution < -0.4 is 0 Å². The second-order valence-electron chi connectivity index (χ2n) is 14.2. The summed E-state index contributed by atoms with van der Waals surface area (Å²) in [5.74, 6) is 0. The number of allylic oxidation sites excluding steroid dienone is 4. The van der Waals surface area contributed by atoms with Gasteiger partial charge in [0.2, 0.25) is 0 Å². The van der Waals surface area contributed by atoms with E-state index in [9.17, 15) is 0 Å². The first-order valence-corrected chi connectivity index (χ1v) is 19.8. The van der Waals surface area contributed by atoms with Crippen molar-refractivity contribution >= 4 is 43.9 Å². The number of furan rings is 2. The second kappa shape index (κ2) is 17.3. The van der Waals surface area contributed by atoms with Gasteiger partial charge in [0.25, 0.3) is 0 Å². The molecule has 0 radical (unpaired) electrons. The third kappa shape index (κ3) is 7.89. The predicted molar refractivity (Wildman–Crippen MR) is 247 cm³/mol. The van der Waals surface area contributed by atoms with Crippen molar-refractivity contribution < 1.29 is 8.83 Å². The Hall–Kier alpha value is -7.23. The Morgan fingerprint density at radius 1 is 0.310 bits per heavy atom. The van der Waals surface area contributed by atoms with Crippen LogP contribution in [0.4, 0.5) is 0 Å². The summed E-state index contributed by atoms with van der Waals surface area (Å²) >= 11 is 0. The summed E-state index contributed by atoms with van der Waals surface area (Å²) in [5, 5.41) is 4.46. The van der Waals surface area contributed by atoms with E-state index in [-0.39, 0.29) is 0 Å². The van der Waals surface area contributed by atoms with E-state index in [0.717, 1.165) is 88.4 Å². The van der Waals surface area contributed by atoms with Gasteiger partial charge >= 0.3 is 0 Å². The van der Waals surface area contributed by atoms with Gasteiger partial charge in [-0.05, 0) is 144 Å². The van der Waals surface area contributed by atoms with Gasteiger partial charge in [-0.15, -0.1) is 0 Å². The lowest BCUT2D eigenvalue weighted by molar-refractivity contribution is 0.668. The average molecular weight is 752 g/mol. The van der Waals surface area contributed by atoms with Gasteiger partial charge in [-0.2, -0.15) is 0 Å². The van der Waals surface area contributed by atoms with Crippen LogP contribution in [0.2, 0.25) is 0 Å². The summed E-state index contributed by atoms with van der Waals surface area (Å²) < 4.78 is 12.6. The Labute approximate surface area is 340 Å². The quantitative estimate of drug-likeness (QED) is 0.164. The van der Waals surface area contributed by atoms with Crippen molar-refractivity contribution in [2.75, 3.05) is 0 Å². The molecular formula is C55H45NO2. The predicted octanol–water partition coefficient (Wildman–Crippen LogP) is 16.4. The second-order valence-corrected chi connectivity index (χ2v) is 14.2. The van der Waals surface area contributed by atoms with Crippen LogP contribution in [-0.2, 0) is 0 Å². The maximum atomic E-state index is 6.31. The van der Waals surface area contributed by atoms with E-state index in [0.29, 0.717) is 0 Å². The maximum Gasteiger partial charge on any atom is 0.135 e. The van der Waals surface area contributed by atoms with Crippen LogP contribution in [0.1, 0.15) is 27.7 Å². The average Bonchev–Trinajstić information content (AvgIpc) is 3.86. The SMILES string of the molecule is C/C=C\C.C/C=C\C.c1ccc(-c2ccc3oc4ccc(-c5cccc(-c6ccc7oc8ccc(-c9cccc(-c%10cccnc%10)c9)cc8c7c6)c5)cc4c3c2)cc1. The lowest BCUT2D eigenvalue weighted by Gasteiger charge is -2.07. The lowest BCUT2D eigenvalue weighted by atomic mass is 9.96. The molecule has 0 saturated heterocycles. The molecule has 0 bridgehead atoms. The van der Waals surface area contributed by atoms with Gasteiger partial charge in [0, 0.05) is 39.5 Å². The van der Waals surface area contributed by atoms with E-state index in [1.165, 1.54) is 11.1 Å². The topological polar surface area (TPSA) is 39.2 Å². The van der Waals surface area contributed by atoms with Crippen molar-refractivity contribution in [3.05, 3.63) is 200 Å². The normalized spacial score (nSPS) is 11.3. The van der Waals surface area contributed by atoms with Gasteiger partial charge in [-0.25, -0.2) is 0 Å². The molecule has 0 spiro atoms. The highest BCUT2D eigenvalue weighted by Crippen LogP contribution is 2.38. The molecule has 0 aliphatic rings. The number of fused-ring (bicyclic) bond motifs is 6. The first-order valence-electron chi connectivity index (χ1n) is 19.8. The minimum absolute atomic E-state index is 0.883. The molecule has 7 aromatic carbocycles. The summed E-state index contributed by atoms with van der Waals surface area (Å²) in [6, 6.07) is 57.9. The van der Waals surface area contributed by atoms with Crippen molar-refractivity contribution in [3.63, 3.8) is 0 Å². The molecule has 0 amide bonds. The molecule has 282 valence electrons. The van der Waals surface area contributed by atoms with Crippen LogP contribution in [0.15, 0.2) is 209 Å². The maximum absolute atomic E-state index is 6.31. The molecule has 0 saturated carbocycles. The lowest BCUT2D eigenvalue weighted by Crippen LogP contribution is -1.83. The van der Waals surface area contributed by atoms with Gasteiger partial charge in [0.05, 0.1) is 0 Å². The Bertz CT molecular complexity index is 3020. The van der Waals surface area contributed by atoms with E-state index in [1.54, 1.807) is 6.20 Å². The first kappa shape index (κ1) is 37.7. The first-order chi connectivity index (χ1) is 28.6. The zero-order valence-corrected chi connectivity index (χ0v) is 33.3. The summed E-state index contributed by atoms with van der Waals surface area (Å²) in [6.07, 6.45) is 11.7. The van der Waals surface area contributed by atoms with Crippen LogP contribution in [0.3, 0.4) is 0 Å². The molecule has 3 nitrogen and oxygen atoms in total. The fourth-order valence-electron chi connectivity index (χ4n) is 7.19. The third-order valence-corrected chi connectivity index (χ3v) is 10.4. The molecule has 3 heterocycles. The smallest absolute Gasteiger partial charge is 0.135 e. The largest absolute Gasteiger partial charge is 0.456 e. The van der Waals surface area contributed by atoms with E-state index in [1.807, 2.05) is 70.3 Å². The highest BCUT2D eigenvalue weighted by molar-refractivity contribution is 6.09. The summed E-state index contributed by atoms with van der Waals surface area (Å²) in [5.41, 5.74) is 15.1. The van der Waals surface area contributed by atoms with Crippen molar-refractivity contribution in [2.45, 2.75) is 27.7 Å². The van der Waals surface area contributed by atoms with Gasteiger partial charge in [0.1, 0.15) is 22.3 Å². The van der Waals surface area contributed by atoms with E-state index in [4.69, 9.17) is 8.83 Å². The summed E-state index contributed by atoms with van der Waals surface area (Å²) in [4.78, 5) is 4.30. The van der Waals surface area contributed by atoms with E-state index < -0.39 is 0 Å². The molecule has 0 aliphatic heterocycles. The van der Waals surface area contributed by atoms with E-state index in [2.05, 4.69) is 157 Å². The van der Waals surface area contributed by atoms with Crippen LogP contribution in [0, 0.1) is 0 Å². The number of hydrogen-bond donors (Lipinski definition) is 0. The Balaban J connectivity index is 0.000000541. The number of pyridine rings is 1. The minimum atomic E-state index is 0.883. The third-order valence-electron chi connectivity index (χ3n) is 10.4. The number of aromatic nitrogens is 1. The van der Waals surface area contributed by atoms with Gasteiger partial charge < -0.3 is 8.83 Å². The molecule has 0 atom stereocenters. The molecule has 0 N–H and O–H groups in total. The minimum Gasteiger partial charge on any atom is -0.456 e. The summed E-state index contributed by atoms with van der Waals surface area (Å²) in [6.45, 7) is 8.00. The molecule has 0 unspecified atom stereocenters.